The first kappa shape index (κ1) is 22.8. The molecule has 0 aliphatic carbocycles. The fraction of sp³-hybridized carbons (Fsp3) is 0.136. The summed E-state index contributed by atoms with van der Waals surface area (Å²) in [6.07, 6.45) is 0. The Bertz CT molecular complexity index is 1230. The molecule has 3 aromatic rings. The maximum absolute atomic E-state index is 13.3. The van der Waals surface area contributed by atoms with E-state index in [1.54, 1.807) is 30.3 Å². The molecule has 0 heterocycles. The maximum Gasteiger partial charge on any atom is 0.274 e. The summed E-state index contributed by atoms with van der Waals surface area (Å²) in [5, 5.41) is 13.7. The zero-order valence-corrected chi connectivity index (χ0v) is 18.2. The van der Waals surface area contributed by atoms with Gasteiger partial charge in [0.25, 0.3) is 15.7 Å². The molecule has 0 aliphatic heterocycles. The van der Waals surface area contributed by atoms with E-state index in [1.165, 1.54) is 56.5 Å². The molecule has 10 heteroatoms. The van der Waals surface area contributed by atoms with Gasteiger partial charge in [-0.05, 0) is 49.4 Å². The molecule has 0 unspecified atom stereocenters. The summed E-state index contributed by atoms with van der Waals surface area (Å²) in [6.45, 7) is 0.983. The van der Waals surface area contributed by atoms with E-state index in [-0.39, 0.29) is 21.8 Å². The molecule has 3 aromatic carbocycles. The van der Waals surface area contributed by atoms with Crippen molar-refractivity contribution >= 4 is 33.0 Å². The first-order valence-corrected chi connectivity index (χ1v) is 10.9. The Hall–Kier alpha value is -3.92. The van der Waals surface area contributed by atoms with E-state index >= 15 is 0 Å². The number of sulfonamides is 1. The van der Waals surface area contributed by atoms with Crippen LogP contribution >= 0.6 is 0 Å². The van der Waals surface area contributed by atoms with Crippen LogP contribution in [0.1, 0.15) is 5.56 Å². The number of carbonyl (C=O) groups is 1. The number of nitro groups is 1. The van der Waals surface area contributed by atoms with Crippen LogP contribution in [0.25, 0.3) is 0 Å². The van der Waals surface area contributed by atoms with E-state index in [1.807, 2.05) is 0 Å². The van der Waals surface area contributed by atoms with Gasteiger partial charge in [-0.3, -0.25) is 19.2 Å². The summed E-state index contributed by atoms with van der Waals surface area (Å²) >= 11 is 0. The summed E-state index contributed by atoms with van der Waals surface area (Å²) in [6, 6.07) is 18.3. The van der Waals surface area contributed by atoms with E-state index < -0.39 is 27.4 Å². The van der Waals surface area contributed by atoms with Gasteiger partial charge in [0, 0.05) is 6.07 Å². The Balaban J connectivity index is 1.93. The molecule has 0 aliphatic rings. The largest absolute Gasteiger partial charge is 0.497 e. The summed E-state index contributed by atoms with van der Waals surface area (Å²) in [7, 11) is -2.62. The first-order valence-electron chi connectivity index (χ1n) is 9.49. The summed E-state index contributed by atoms with van der Waals surface area (Å²) in [5.41, 5.74) is 0.664. The second-order valence-corrected chi connectivity index (χ2v) is 8.64. The molecule has 1 amide bonds. The van der Waals surface area contributed by atoms with Crippen molar-refractivity contribution in [2.24, 2.45) is 0 Å². The number of methoxy groups -OCH3 is 1. The van der Waals surface area contributed by atoms with Gasteiger partial charge in [-0.25, -0.2) is 8.42 Å². The lowest BCUT2D eigenvalue weighted by atomic mass is 10.1. The summed E-state index contributed by atoms with van der Waals surface area (Å²) in [5.74, 6) is -0.149. The van der Waals surface area contributed by atoms with Crippen LogP contribution < -0.4 is 14.4 Å². The number of nitrogens with zero attached hydrogens (tertiary/aromatic N) is 2. The minimum atomic E-state index is -4.09. The van der Waals surface area contributed by atoms with Crippen LogP contribution in [0.15, 0.2) is 77.7 Å². The molecule has 166 valence electrons. The number of hydrogen-bond acceptors (Lipinski definition) is 6. The Labute approximate surface area is 185 Å². The summed E-state index contributed by atoms with van der Waals surface area (Å²) in [4.78, 5) is 23.4. The normalized spacial score (nSPS) is 10.9. The highest BCUT2D eigenvalue weighted by atomic mass is 32.2. The highest BCUT2D eigenvalue weighted by molar-refractivity contribution is 7.92. The smallest absolute Gasteiger partial charge is 0.274 e. The number of amides is 1. The molecular weight excluding hydrogens is 434 g/mol. The van der Waals surface area contributed by atoms with Gasteiger partial charge < -0.3 is 10.1 Å². The minimum Gasteiger partial charge on any atom is -0.497 e. The van der Waals surface area contributed by atoms with Gasteiger partial charge in [0.2, 0.25) is 5.91 Å². The van der Waals surface area contributed by atoms with Crippen molar-refractivity contribution in [2.45, 2.75) is 11.8 Å². The van der Waals surface area contributed by atoms with Crippen molar-refractivity contribution < 1.29 is 22.9 Å². The lowest BCUT2D eigenvalue weighted by Gasteiger charge is -2.24. The van der Waals surface area contributed by atoms with Gasteiger partial charge in [-0.15, -0.1) is 0 Å². The van der Waals surface area contributed by atoms with Gasteiger partial charge in [-0.1, -0.05) is 24.3 Å². The second kappa shape index (κ2) is 9.48. The minimum absolute atomic E-state index is 0.0125. The molecular formula is C22H21N3O6S. The topological polar surface area (TPSA) is 119 Å². The third-order valence-electron chi connectivity index (χ3n) is 4.75. The lowest BCUT2D eigenvalue weighted by Crippen LogP contribution is -2.38. The fourth-order valence-electron chi connectivity index (χ4n) is 3.06. The second-order valence-electron chi connectivity index (χ2n) is 6.78. The van der Waals surface area contributed by atoms with Crippen molar-refractivity contribution in [3.05, 3.63) is 88.5 Å². The van der Waals surface area contributed by atoms with Crippen molar-refractivity contribution in [3.63, 3.8) is 0 Å². The van der Waals surface area contributed by atoms with Gasteiger partial charge in [0.1, 0.15) is 12.3 Å². The molecule has 3 rings (SSSR count). The number of hydrogen-bond donors (Lipinski definition) is 1. The van der Waals surface area contributed by atoms with Crippen LogP contribution in [0.4, 0.5) is 17.1 Å². The third kappa shape index (κ3) is 4.86. The van der Waals surface area contributed by atoms with Crippen LogP contribution in [-0.4, -0.2) is 32.9 Å². The lowest BCUT2D eigenvalue weighted by molar-refractivity contribution is -0.385. The molecule has 32 heavy (non-hydrogen) atoms. The van der Waals surface area contributed by atoms with Crippen molar-refractivity contribution in [1.82, 2.24) is 0 Å². The SMILES string of the molecule is COc1ccc(S(=O)(=O)N(CC(=O)Nc2cccc([N+](=O)[O-])c2C)c2ccccc2)cc1. The molecule has 0 fully saturated rings. The van der Waals surface area contributed by atoms with E-state index in [2.05, 4.69) is 5.32 Å². The Morgan fingerprint density at radius 1 is 1.03 bits per heavy atom. The Kier molecular flexibility index (Phi) is 6.74. The van der Waals surface area contributed by atoms with Crippen LogP contribution in [0.2, 0.25) is 0 Å². The highest BCUT2D eigenvalue weighted by Crippen LogP contribution is 2.27. The average Bonchev–Trinajstić information content (AvgIpc) is 2.79. The average molecular weight is 455 g/mol. The monoisotopic (exact) mass is 455 g/mol. The van der Waals surface area contributed by atoms with Crippen molar-refractivity contribution in [1.29, 1.82) is 0 Å². The van der Waals surface area contributed by atoms with Crippen LogP contribution in [0.3, 0.4) is 0 Å². The Morgan fingerprint density at radius 2 is 1.69 bits per heavy atom. The zero-order chi connectivity index (χ0) is 23.3. The van der Waals surface area contributed by atoms with E-state index in [0.29, 0.717) is 11.4 Å². The van der Waals surface area contributed by atoms with Crippen molar-refractivity contribution in [2.75, 3.05) is 23.3 Å². The molecule has 0 bridgehead atoms. The third-order valence-corrected chi connectivity index (χ3v) is 6.54. The quantitative estimate of drug-likeness (QED) is 0.408. The molecule has 0 saturated carbocycles. The molecule has 0 atom stereocenters. The number of anilines is 2. The maximum atomic E-state index is 13.3. The zero-order valence-electron chi connectivity index (χ0n) is 17.4. The van der Waals surface area contributed by atoms with Crippen LogP contribution in [0, 0.1) is 17.0 Å². The molecule has 0 radical (unpaired) electrons. The van der Waals surface area contributed by atoms with Gasteiger partial charge in [0.15, 0.2) is 0 Å². The molecule has 0 aromatic heterocycles. The van der Waals surface area contributed by atoms with Crippen LogP contribution in [0.5, 0.6) is 5.75 Å². The van der Waals surface area contributed by atoms with E-state index in [0.717, 1.165) is 4.31 Å². The number of benzene rings is 3. The van der Waals surface area contributed by atoms with Gasteiger partial charge >= 0.3 is 0 Å². The molecule has 1 N–H and O–H groups in total. The number of nitro benzene ring substituents is 1. The fourth-order valence-corrected chi connectivity index (χ4v) is 4.48. The molecule has 9 nitrogen and oxygen atoms in total. The predicted molar refractivity (Wildman–Crippen MR) is 120 cm³/mol. The highest BCUT2D eigenvalue weighted by Gasteiger charge is 2.27. The number of ether oxygens (including phenoxy) is 1. The van der Waals surface area contributed by atoms with Crippen LogP contribution in [-0.2, 0) is 14.8 Å². The van der Waals surface area contributed by atoms with Gasteiger partial charge in [0.05, 0.1) is 33.9 Å². The first-order chi connectivity index (χ1) is 15.2. The summed E-state index contributed by atoms with van der Waals surface area (Å²) < 4.78 is 32.8. The predicted octanol–water partition coefficient (Wildman–Crippen LogP) is 3.75. The molecule has 0 saturated heterocycles. The number of para-hydroxylation sites is 1. The van der Waals surface area contributed by atoms with E-state index in [4.69, 9.17) is 4.74 Å². The standard InChI is InChI=1S/C22H21N3O6S/c1-16-20(9-6-10-21(16)25(27)28)23-22(26)15-24(17-7-4-3-5-8-17)32(29,30)19-13-11-18(31-2)12-14-19/h3-14H,15H2,1-2H3,(H,23,26). The Morgan fingerprint density at radius 3 is 2.28 bits per heavy atom. The van der Waals surface area contributed by atoms with Gasteiger partial charge in [-0.2, -0.15) is 0 Å². The number of nitrogens with one attached hydrogen (secondary N) is 1. The van der Waals surface area contributed by atoms with E-state index in [9.17, 15) is 23.3 Å². The van der Waals surface area contributed by atoms with Crippen molar-refractivity contribution in [3.8, 4) is 5.75 Å². The number of carbonyl (C=O) groups excluding carboxylic acids is 1. The number of rotatable bonds is 8. The molecule has 0 spiro atoms.